The molecule has 0 aromatic heterocycles. The van der Waals surface area contributed by atoms with E-state index in [9.17, 15) is 0 Å². The van der Waals surface area contributed by atoms with Gasteiger partial charge in [-0.05, 0) is 24.1 Å². The summed E-state index contributed by atoms with van der Waals surface area (Å²) >= 11 is 0. The first kappa shape index (κ1) is 12.0. The van der Waals surface area contributed by atoms with Crippen LogP contribution in [0, 0.1) is 0 Å². The second kappa shape index (κ2) is 7.66. The fourth-order valence-corrected chi connectivity index (χ4v) is 1.17. The highest BCUT2D eigenvalue weighted by Gasteiger charge is 1.91. The van der Waals surface area contributed by atoms with Gasteiger partial charge in [0.15, 0.2) is 0 Å². The number of benzene rings is 1. The van der Waals surface area contributed by atoms with E-state index in [4.69, 9.17) is 0 Å². The predicted octanol–water partition coefficient (Wildman–Crippen LogP) is 3.71. The van der Waals surface area contributed by atoms with E-state index in [-0.39, 0.29) is 0 Å². The van der Waals surface area contributed by atoms with Crippen molar-refractivity contribution in [2.45, 2.75) is 33.6 Å². The highest BCUT2D eigenvalue weighted by atomic mass is 14.8. The number of hydrogen-bond donors (Lipinski definition) is 1. The molecule has 0 aliphatic heterocycles. The topological polar surface area (TPSA) is 12.0 Å². The van der Waals surface area contributed by atoms with Gasteiger partial charge in [0.05, 0.1) is 0 Å². The molecule has 0 aliphatic rings. The fourth-order valence-electron chi connectivity index (χ4n) is 1.17. The lowest BCUT2D eigenvalue weighted by Gasteiger charge is -2.02. The van der Waals surface area contributed by atoms with Crippen LogP contribution in [0.5, 0.6) is 0 Å². The summed E-state index contributed by atoms with van der Waals surface area (Å²) in [5, 5.41) is 3.13. The molecule has 0 saturated carbocycles. The zero-order chi connectivity index (χ0) is 10.1. The number of anilines is 1. The summed E-state index contributed by atoms with van der Waals surface area (Å²) in [5.41, 5.74) is 2.62. The molecule has 0 amide bonds. The van der Waals surface area contributed by atoms with Crippen LogP contribution in [0.4, 0.5) is 5.69 Å². The monoisotopic (exact) mass is 179 g/mol. The van der Waals surface area contributed by atoms with Gasteiger partial charge < -0.3 is 5.32 Å². The van der Waals surface area contributed by atoms with Gasteiger partial charge in [0, 0.05) is 12.7 Å². The summed E-state index contributed by atoms with van der Waals surface area (Å²) in [6.45, 7) is 6.20. The zero-order valence-corrected chi connectivity index (χ0v) is 9.22. The molecule has 0 bridgehead atoms. The van der Waals surface area contributed by atoms with E-state index >= 15 is 0 Å². The molecule has 1 rings (SSSR count). The van der Waals surface area contributed by atoms with E-state index in [1.54, 1.807) is 0 Å². The normalized spacial score (nSPS) is 8.62. The third-order valence-electron chi connectivity index (χ3n) is 1.75. The standard InChI is InChI=1S/C10H15N.C2H6/c1-3-5-9-6-4-7-10(8-9)11-2;1-2/h4,6-8,11H,3,5H2,1-2H3;1-2H3. The number of aryl methyl sites for hydroxylation is 1. The molecule has 1 heteroatoms. The van der Waals surface area contributed by atoms with Gasteiger partial charge in [0.1, 0.15) is 0 Å². The highest BCUT2D eigenvalue weighted by Crippen LogP contribution is 2.10. The molecule has 74 valence electrons. The molecule has 0 saturated heterocycles. The fraction of sp³-hybridized carbons (Fsp3) is 0.500. The number of hydrogen-bond acceptors (Lipinski definition) is 1. The molecule has 0 fully saturated rings. The van der Waals surface area contributed by atoms with Crippen molar-refractivity contribution in [3.05, 3.63) is 29.8 Å². The highest BCUT2D eigenvalue weighted by molar-refractivity contribution is 5.44. The molecular weight excluding hydrogens is 158 g/mol. The van der Waals surface area contributed by atoms with Crippen LogP contribution in [0.2, 0.25) is 0 Å². The maximum absolute atomic E-state index is 3.13. The largest absolute Gasteiger partial charge is 0.388 e. The Morgan fingerprint density at radius 2 is 1.92 bits per heavy atom. The minimum absolute atomic E-state index is 1.18. The van der Waals surface area contributed by atoms with E-state index in [1.807, 2.05) is 20.9 Å². The average Bonchev–Trinajstić information content (AvgIpc) is 2.22. The van der Waals surface area contributed by atoms with Gasteiger partial charge in [-0.15, -0.1) is 0 Å². The van der Waals surface area contributed by atoms with E-state index in [2.05, 4.69) is 36.5 Å². The van der Waals surface area contributed by atoms with Crippen LogP contribution in [0.1, 0.15) is 32.8 Å². The van der Waals surface area contributed by atoms with Crippen LogP contribution in [0.3, 0.4) is 0 Å². The van der Waals surface area contributed by atoms with E-state index in [0.717, 1.165) is 0 Å². The van der Waals surface area contributed by atoms with Gasteiger partial charge in [0.2, 0.25) is 0 Å². The molecule has 0 spiro atoms. The zero-order valence-electron chi connectivity index (χ0n) is 9.22. The Kier molecular flexibility index (Phi) is 7.08. The van der Waals surface area contributed by atoms with Gasteiger partial charge in [-0.25, -0.2) is 0 Å². The molecule has 0 atom stereocenters. The van der Waals surface area contributed by atoms with Gasteiger partial charge in [0.25, 0.3) is 0 Å². The molecule has 1 aromatic carbocycles. The van der Waals surface area contributed by atoms with Gasteiger partial charge in [-0.2, -0.15) is 0 Å². The Hall–Kier alpha value is -0.980. The minimum atomic E-state index is 1.18. The van der Waals surface area contributed by atoms with Crippen molar-refractivity contribution in [2.24, 2.45) is 0 Å². The van der Waals surface area contributed by atoms with Gasteiger partial charge in [-0.1, -0.05) is 39.3 Å². The molecule has 1 nitrogen and oxygen atoms in total. The first-order valence-corrected chi connectivity index (χ1v) is 5.13. The van der Waals surface area contributed by atoms with Crippen molar-refractivity contribution in [2.75, 3.05) is 12.4 Å². The Labute approximate surface area is 82.2 Å². The van der Waals surface area contributed by atoms with Crippen LogP contribution >= 0.6 is 0 Å². The quantitative estimate of drug-likeness (QED) is 0.746. The second-order valence-electron chi connectivity index (χ2n) is 2.70. The molecule has 0 unspecified atom stereocenters. The summed E-state index contributed by atoms with van der Waals surface area (Å²) in [7, 11) is 1.95. The van der Waals surface area contributed by atoms with Crippen molar-refractivity contribution >= 4 is 5.69 Å². The summed E-state index contributed by atoms with van der Waals surface area (Å²) in [4.78, 5) is 0. The van der Waals surface area contributed by atoms with Gasteiger partial charge >= 0.3 is 0 Å². The summed E-state index contributed by atoms with van der Waals surface area (Å²) in [6.07, 6.45) is 2.39. The summed E-state index contributed by atoms with van der Waals surface area (Å²) in [6, 6.07) is 8.55. The lowest BCUT2D eigenvalue weighted by atomic mass is 10.1. The number of rotatable bonds is 3. The lowest BCUT2D eigenvalue weighted by Crippen LogP contribution is -1.89. The van der Waals surface area contributed by atoms with Crippen molar-refractivity contribution in [3.63, 3.8) is 0 Å². The maximum Gasteiger partial charge on any atom is 0.0340 e. The Bertz CT molecular complexity index is 218. The molecule has 1 N–H and O–H groups in total. The molecule has 0 radical (unpaired) electrons. The Balaban J connectivity index is 0.000000671. The molecule has 1 aromatic rings. The molecular formula is C12H21N. The Morgan fingerprint density at radius 3 is 2.46 bits per heavy atom. The maximum atomic E-state index is 3.13. The van der Waals surface area contributed by atoms with Crippen molar-refractivity contribution in [1.82, 2.24) is 0 Å². The van der Waals surface area contributed by atoms with Crippen molar-refractivity contribution in [3.8, 4) is 0 Å². The van der Waals surface area contributed by atoms with Gasteiger partial charge in [-0.3, -0.25) is 0 Å². The van der Waals surface area contributed by atoms with Crippen LogP contribution < -0.4 is 5.32 Å². The average molecular weight is 179 g/mol. The van der Waals surface area contributed by atoms with Crippen LogP contribution in [0.15, 0.2) is 24.3 Å². The smallest absolute Gasteiger partial charge is 0.0340 e. The van der Waals surface area contributed by atoms with Crippen molar-refractivity contribution in [1.29, 1.82) is 0 Å². The molecule has 0 aliphatic carbocycles. The van der Waals surface area contributed by atoms with Crippen molar-refractivity contribution < 1.29 is 0 Å². The summed E-state index contributed by atoms with van der Waals surface area (Å²) in [5.74, 6) is 0. The predicted molar refractivity (Wildman–Crippen MR) is 61.3 cm³/mol. The molecule has 0 heterocycles. The first-order valence-electron chi connectivity index (χ1n) is 5.13. The van der Waals surface area contributed by atoms with Crippen LogP contribution in [-0.2, 0) is 6.42 Å². The summed E-state index contributed by atoms with van der Waals surface area (Å²) < 4.78 is 0. The van der Waals surface area contributed by atoms with Crippen LogP contribution in [0.25, 0.3) is 0 Å². The number of nitrogens with one attached hydrogen (secondary N) is 1. The lowest BCUT2D eigenvalue weighted by molar-refractivity contribution is 0.922. The minimum Gasteiger partial charge on any atom is -0.388 e. The third kappa shape index (κ3) is 4.56. The van der Waals surface area contributed by atoms with E-state index < -0.39 is 0 Å². The second-order valence-corrected chi connectivity index (χ2v) is 2.70. The van der Waals surface area contributed by atoms with E-state index in [0.29, 0.717) is 0 Å². The SMILES string of the molecule is CC.CCCc1cccc(NC)c1. The third-order valence-corrected chi connectivity index (χ3v) is 1.75. The van der Waals surface area contributed by atoms with E-state index in [1.165, 1.54) is 24.1 Å². The first-order chi connectivity index (χ1) is 6.36. The Morgan fingerprint density at radius 1 is 1.23 bits per heavy atom. The van der Waals surface area contributed by atoms with Crippen LogP contribution in [-0.4, -0.2) is 7.05 Å². The molecule has 13 heavy (non-hydrogen) atoms.